The van der Waals surface area contributed by atoms with E-state index in [9.17, 15) is 4.79 Å². The van der Waals surface area contributed by atoms with Gasteiger partial charge in [-0.25, -0.2) is 4.79 Å². The van der Waals surface area contributed by atoms with E-state index in [2.05, 4.69) is 43.9 Å². The molecule has 0 aromatic rings. The van der Waals surface area contributed by atoms with Gasteiger partial charge in [-0.15, -0.1) is 0 Å². The Hall–Kier alpha value is -0.440. The molecule has 0 saturated carbocycles. The fraction of sp³-hybridized carbons (Fsp3) is 0.571. The predicted molar refractivity (Wildman–Crippen MR) is 49.6 cm³/mol. The Labute approximate surface area is 79.6 Å². The molecule has 0 spiro atoms. The van der Waals surface area contributed by atoms with E-state index in [1.165, 1.54) is 0 Å². The molecule has 0 rings (SSSR count). The van der Waals surface area contributed by atoms with Crippen molar-refractivity contribution in [1.82, 2.24) is 0 Å². The highest BCUT2D eigenvalue weighted by molar-refractivity contribution is 14.1. The van der Waals surface area contributed by atoms with Crippen LogP contribution in [0, 0.1) is 11.8 Å². The van der Waals surface area contributed by atoms with Gasteiger partial charge in [0.05, 0.1) is 11.0 Å². The molecule has 0 aliphatic rings. The summed E-state index contributed by atoms with van der Waals surface area (Å²) in [5, 5.41) is 0. The van der Waals surface area contributed by atoms with Gasteiger partial charge in [0.1, 0.15) is 0 Å². The smallest absolute Gasteiger partial charge is 0.435 e. The summed E-state index contributed by atoms with van der Waals surface area (Å²) in [5.41, 5.74) is 0. The molecule has 0 unspecified atom stereocenters. The summed E-state index contributed by atoms with van der Waals surface area (Å²) in [6.45, 7) is 2.16. The average Bonchev–Trinajstić information content (AvgIpc) is 1.99. The van der Waals surface area contributed by atoms with Gasteiger partial charge in [0, 0.05) is 0 Å². The summed E-state index contributed by atoms with van der Waals surface area (Å²) >= 11 is 2.12. The molecule has 4 heteroatoms. The topological polar surface area (TPSA) is 35.5 Å². The first-order chi connectivity index (χ1) is 5.31. The van der Waals surface area contributed by atoms with E-state index in [0.29, 0.717) is 6.61 Å². The van der Waals surface area contributed by atoms with E-state index < -0.39 is 6.16 Å². The molecule has 3 nitrogen and oxygen atoms in total. The number of rotatable bonds is 2. The van der Waals surface area contributed by atoms with Gasteiger partial charge in [0.15, 0.2) is 6.61 Å². The SMILES string of the molecule is CCOC(=O)OCC#CCI. The van der Waals surface area contributed by atoms with Crippen LogP contribution in [0.4, 0.5) is 4.79 Å². The van der Waals surface area contributed by atoms with Gasteiger partial charge in [0.2, 0.25) is 0 Å². The molecule has 0 fully saturated rings. The number of hydrogen-bond donors (Lipinski definition) is 0. The van der Waals surface area contributed by atoms with Crippen LogP contribution in [-0.2, 0) is 9.47 Å². The summed E-state index contributed by atoms with van der Waals surface area (Å²) in [6.07, 6.45) is -0.657. The Balaban J connectivity index is 3.31. The molecule has 0 aliphatic heterocycles. The van der Waals surface area contributed by atoms with Crippen LogP contribution in [0.3, 0.4) is 0 Å². The molecule has 0 aromatic carbocycles. The van der Waals surface area contributed by atoms with Crippen molar-refractivity contribution in [3.8, 4) is 11.8 Å². The molecule has 11 heavy (non-hydrogen) atoms. The molecular formula is C7H9IO3. The minimum Gasteiger partial charge on any atom is -0.435 e. The Morgan fingerprint density at radius 2 is 2.18 bits per heavy atom. The van der Waals surface area contributed by atoms with Crippen molar-refractivity contribution in [2.24, 2.45) is 0 Å². The molecule has 0 radical (unpaired) electrons. The highest BCUT2D eigenvalue weighted by Gasteiger charge is 1.97. The number of carbonyl (C=O) groups excluding carboxylic acids is 1. The highest BCUT2D eigenvalue weighted by Crippen LogP contribution is 1.83. The second-order valence-electron chi connectivity index (χ2n) is 1.46. The molecule has 0 aromatic heterocycles. The number of carbonyl (C=O) groups is 1. The molecule has 0 heterocycles. The van der Waals surface area contributed by atoms with Crippen LogP contribution in [0.1, 0.15) is 6.92 Å². The maximum absolute atomic E-state index is 10.5. The monoisotopic (exact) mass is 268 g/mol. The van der Waals surface area contributed by atoms with Crippen molar-refractivity contribution in [1.29, 1.82) is 0 Å². The zero-order valence-electron chi connectivity index (χ0n) is 6.22. The third-order valence-electron chi connectivity index (χ3n) is 0.716. The van der Waals surface area contributed by atoms with Crippen LogP contribution in [0.15, 0.2) is 0 Å². The van der Waals surface area contributed by atoms with E-state index in [1.54, 1.807) is 6.92 Å². The zero-order valence-corrected chi connectivity index (χ0v) is 8.38. The average molecular weight is 268 g/mol. The van der Waals surface area contributed by atoms with Gasteiger partial charge < -0.3 is 9.47 Å². The van der Waals surface area contributed by atoms with Gasteiger partial charge in [-0.3, -0.25) is 0 Å². The zero-order chi connectivity index (χ0) is 8.53. The summed E-state index contributed by atoms with van der Waals surface area (Å²) in [4.78, 5) is 10.5. The van der Waals surface area contributed by atoms with Crippen molar-refractivity contribution < 1.29 is 14.3 Å². The van der Waals surface area contributed by atoms with E-state index in [4.69, 9.17) is 0 Å². The van der Waals surface area contributed by atoms with Crippen LogP contribution >= 0.6 is 22.6 Å². The standard InChI is InChI=1S/C7H9IO3/c1-2-10-7(9)11-6-4-3-5-8/h2,5-6H2,1H3. The molecule has 0 amide bonds. The maximum Gasteiger partial charge on any atom is 0.509 e. The number of hydrogen-bond acceptors (Lipinski definition) is 3. The lowest BCUT2D eigenvalue weighted by molar-refractivity contribution is 0.0687. The first-order valence-electron chi connectivity index (χ1n) is 3.12. The van der Waals surface area contributed by atoms with Gasteiger partial charge in [-0.2, -0.15) is 0 Å². The molecule has 0 N–H and O–H groups in total. The first kappa shape index (κ1) is 10.6. The van der Waals surface area contributed by atoms with Crippen molar-refractivity contribution in [3.05, 3.63) is 0 Å². The quantitative estimate of drug-likeness (QED) is 0.330. The van der Waals surface area contributed by atoms with Gasteiger partial charge in [0.25, 0.3) is 0 Å². The predicted octanol–water partition coefficient (Wildman–Crippen LogP) is 1.60. The third kappa shape index (κ3) is 7.46. The van der Waals surface area contributed by atoms with Crippen LogP contribution < -0.4 is 0 Å². The molecule has 0 saturated heterocycles. The normalized spacial score (nSPS) is 7.82. The van der Waals surface area contributed by atoms with Gasteiger partial charge >= 0.3 is 6.16 Å². The van der Waals surface area contributed by atoms with Crippen molar-refractivity contribution in [2.45, 2.75) is 6.92 Å². The van der Waals surface area contributed by atoms with Crippen LogP contribution in [0.25, 0.3) is 0 Å². The Bertz CT molecular complexity index is 168. The summed E-state index contributed by atoms with van der Waals surface area (Å²) in [5.74, 6) is 5.39. The first-order valence-corrected chi connectivity index (χ1v) is 4.65. The molecule has 0 bridgehead atoms. The third-order valence-corrected chi connectivity index (χ3v) is 1.10. The van der Waals surface area contributed by atoms with Gasteiger partial charge in [-0.05, 0) is 6.92 Å². The molecule has 0 aliphatic carbocycles. The summed E-state index contributed by atoms with van der Waals surface area (Å²) in [7, 11) is 0. The lowest BCUT2D eigenvalue weighted by atomic mass is 10.6. The lowest BCUT2D eigenvalue weighted by Crippen LogP contribution is -2.06. The van der Waals surface area contributed by atoms with Crippen molar-refractivity contribution >= 4 is 28.7 Å². The number of halogens is 1. The fourth-order valence-electron chi connectivity index (χ4n) is 0.353. The Morgan fingerprint density at radius 1 is 1.45 bits per heavy atom. The summed E-state index contributed by atoms with van der Waals surface area (Å²) < 4.78 is 9.78. The summed E-state index contributed by atoms with van der Waals surface area (Å²) in [6, 6.07) is 0. The highest BCUT2D eigenvalue weighted by atomic mass is 127. The number of ether oxygens (including phenoxy) is 2. The van der Waals surface area contributed by atoms with Gasteiger partial charge in [-0.1, -0.05) is 34.4 Å². The van der Waals surface area contributed by atoms with Crippen LogP contribution in [0.5, 0.6) is 0 Å². The minimum absolute atomic E-state index is 0.113. The second-order valence-corrected chi connectivity index (χ2v) is 2.22. The Morgan fingerprint density at radius 3 is 2.73 bits per heavy atom. The van der Waals surface area contributed by atoms with E-state index >= 15 is 0 Å². The van der Waals surface area contributed by atoms with E-state index in [-0.39, 0.29) is 6.61 Å². The maximum atomic E-state index is 10.5. The van der Waals surface area contributed by atoms with Crippen molar-refractivity contribution in [2.75, 3.05) is 17.6 Å². The second kappa shape index (κ2) is 7.66. The van der Waals surface area contributed by atoms with Crippen LogP contribution in [0.2, 0.25) is 0 Å². The van der Waals surface area contributed by atoms with E-state index in [1.807, 2.05) is 0 Å². The fourth-order valence-corrected chi connectivity index (χ4v) is 0.622. The van der Waals surface area contributed by atoms with E-state index in [0.717, 1.165) is 4.43 Å². The van der Waals surface area contributed by atoms with Crippen LogP contribution in [-0.4, -0.2) is 23.8 Å². The molecule has 62 valence electrons. The largest absolute Gasteiger partial charge is 0.509 e. The lowest BCUT2D eigenvalue weighted by Gasteiger charge is -1.98. The molecule has 0 atom stereocenters. The molecular weight excluding hydrogens is 259 g/mol. The van der Waals surface area contributed by atoms with Crippen molar-refractivity contribution in [3.63, 3.8) is 0 Å². The number of alkyl halides is 1. The Kier molecular flexibility index (Phi) is 7.36. The minimum atomic E-state index is -0.657.